The van der Waals surface area contributed by atoms with Crippen molar-refractivity contribution < 1.29 is 9.15 Å². The third-order valence-corrected chi connectivity index (χ3v) is 4.39. The first-order chi connectivity index (χ1) is 12.2. The number of nitrogens with zero attached hydrogens (tertiary/aromatic N) is 5. The maximum absolute atomic E-state index is 5.91. The van der Waals surface area contributed by atoms with Crippen LogP contribution in [0.5, 0.6) is 5.88 Å². The molecule has 128 valence electrons. The second-order valence-electron chi connectivity index (χ2n) is 6.14. The Hall–Kier alpha value is -2.96. The summed E-state index contributed by atoms with van der Waals surface area (Å²) in [6.07, 6.45) is 2.63. The van der Waals surface area contributed by atoms with Gasteiger partial charge in [-0.05, 0) is 25.5 Å². The topological polar surface area (TPSA) is 77.2 Å². The maximum Gasteiger partial charge on any atom is 0.247 e. The number of hydrogen-bond acceptors (Lipinski definition) is 7. The lowest BCUT2D eigenvalue weighted by Crippen LogP contribution is -2.21. The average Bonchev–Trinajstić information content (AvgIpc) is 3.32. The highest BCUT2D eigenvalue weighted by atomic mass is 16.5. The number of benzene rings is 1. The fourth-order valence-electron chi connectivity index (χ4n) is 2.95. The summed E-state index contributed by atoms with van der Waals surface area (Å²) in [6.45, 7) is 3.65. The molecule has 1 saturated heterocycles. The molecular formula is C18H19N5O2. The van der Waals surface area contributed by atoms with Gasteiger partial charge in [0.2, 0.25) is 23.6 Å². The molecular weight excluding hydrogens is 318 g/mol. The molecule has 1 fully saturated rings. The Morgan fingerprint density at radius 3 is 2.80 bits per heavy atom. The zero-order valence-electron chi connectivity index (χ0n) is 14.2. The first kappa shape index (κ1) is 15.6. The molecule has 0 aliphatic carbocycles. The minimum absolute atomic E-state index is 0.182. The monoisotopic (exact) mass is 337 g/mol. The summed E-state index contributed by atoms with van der Waals surface area (Å²) >= 11 is 0. The van der Waals surface area contributed by atoms with Crippen LogP contribution in [0.2, 0.25) is 0 Å². The zero-order valence-corrected chi connectivity index (χ0v) is 14.2. The Morgan fingerprint density at radius 1 is 1.16 bits per heavy atom. The Balaban J connectivity index is 1.49. The van der Waals surface area contributed by atoms with Gasteiger partial charge < -0.3 is 14.1 Å². The predicted molar refractivity (Wildman–Crippen MR) is 92.6 cm³/mol. The number of hydrogen-bond donors (Lipinski definition) is 0. The second kappa shape index (κ2) is 6.51. The highest BCUT2D eigenvalue weighted by molar-refractivity contribution is 5.53. The summed E-state index contributed by atoms with van der Waals surface area (Å²) < 4.78 is 11.1. The van der Waals surface area contributed by atoms with Gasteiger partial charge in [-0.1, -0.05) is 17.7 Å². The Morgan fingerprint density at radius 2 is 2.00 bits per heavy atom. The summed E-state index contributed by atoms with van der Waals surface area (Å²) in [5.41, 5.74) is 2.14. The number of methoxy groups -OCH3 is 1. The number of rotatable bonds is 4. The van der Waals surface area contributed by atoms with E-state index in [2.05, 4.69) is 32.0 Å². The van der Waals surface area contributed by atoms with Crippen molar-refractivity contribution in [1.29, 1.82) is 0 Å². The summed E-state index contributed by atoms with van der Waals surface area (Å²) in [5, 5.41) is 8.45. The summed E-state index contributed by atoms with van der Waals surface area (Å²) in [4.78, 5) is 10.8. The standard InChI is InChI=1S/C18H19N5O2/c1-12-3-5-13(6-4-12)16-21-22-17(25-16)14-8-10-23(11-14)18-19-9-7-15(20-18)24-2/h3-7,9,14H,8,10-11H2,1-2H3. The largest absolute Gasteiger partial charge is 0.481 e. The van der Waals surface area contributed by atoms with Gasteiger partial charge in [-0.25, -0.2) is 4.98 Å². The molecule has 0 amide bonds. The third-order valence-electron chi connectivity index (χ3n) is 4.39. The normalized spacial score (nSPS) is 17.0. The van der Waals surface area contributed by atoms with Gasteiger partial charge in [-0.15, -0.1) is 10.2 Å². The van der Waals surface area contributed by atoms with Crippen LogP contribution in [-0.2, 0) is 0 Å². The minimum Gasteiger partial charge on any atom is -0.481 e. The lowest BCUT2D eigenvalue weighted by molar-refractivity contribution is 0.397. The van der Waals surface area contributed by atoms with Crippen LogP contribution in [0.1, 0.15) is 23.8 Å². The molecule has 0 saturated carbocycles. The van der Waals surface area contributed by atoms with Crippen molar-refractivity contribution >= 4 is 5.95 Å². The van der Waals surface area contributed by atoms with Crippen molar-refractivity contribution in [2.45, 2.75) is 19.3 Å². The second-order valence-corrected chi connectivity index (χ2v) is 6.14. The summed E-state index contributed by atoms with van der Waals surface area (Å²) in [7, 11) is 1.60. The fourth-order valence-corrected chi connectivity index (χ4v) is 2.95. The van der Waals surface area contributed by atoms with Crippen molar-refractivity contribution in [3.63, 3.8) is 0 Å². The van der Waals surface area contributed by atoms with Gasteiger partial charge in [-0.2, -0.15) is 4.98 Å². The van der Waals surface area contributed by atoms with Gasteiger partial charge in [0.05, 0.1) is 13.0 Å². The molecule has 1 aliphatic rings. The van der Waals surface area contributed by atoms with E-state index in [9.17, 15) is 0 Å². The Labute approximate surface area is 145 Å². The molecule has 0 radical (unpaired) electrons. The van der Waals surface area contributed by atoms with E-state index in [0.29, 0.717) is 23.6 Å². The van der Waals surface area contributed by atoms with Crippen LogP contribution >= 0.6 is 0 Å². The SMILES string of the molecule is COc1ccnc(N2CCC(c3nnc(-c4ccc(C)cc4)o3)C2)n1. The molecule has 0 N–H and O–H groups in total. The summed E-state index contributed by atoms with van der Waals surface area (Å²) in [6, 6.07) is 9.81. The quantitative estimate of drug-likeness (QED) is 0.724. The smallest absolute Gasteiger partial charge is 0.247 e. The van der Waals surface area contributed by atoms with Crippen LogP contribution in [0.4, 0.5) is 5.95 Å². The first-order valence-corrected chi connectivity index (χ1v) is 8.25. The van der Waals surface area contributed by atoms with E-state index < -0.39 is 0 Å². The molecule has 2 aromatic heterocycles. The van der Waals surface area contributed by atoms with Crippen molar-refractivity contribution in [2.75, 3.05) is 25.1 Å². The average molecular weight is 337 g/mol. The van der Waals surface area contributed by atoms with E-state index in [0.717, 1.165) is 25.1 Å². The highest BCUT2D eigenvalue weighted by Crippen LogP contribution is 2.30. The fraction of sp³-hybridized carbons (Fsp3) is 0.333. The lowest BCUT2D eigenvalue weighted by Gasteiger charge is -2.15. The van der Waals surface area contributed by atoms with E-state index in [1.54, 1.807) is 19.4 Å². The zero-order chi connectivity index (χ0) is 17.2. The Kier molecular flexibility index (Phi) is 4.05. The predicted octanol–water partition coefficient (Wildman–Crippen LogP) is 2.84. The molecule has 3 aromatic rings. The summed E-state index contributed by atoms with van der Waals surface area (Å²) in [5.74, 6) is 2.64. The van der Waals surface area contributed by atoms with Gasteiger partial charge in [0.25, 0.3) is 0 Å². The minimum atomic E-state index is 0.182. The molecule has 1 unspecified atom stereocenters. The van der Waals surface area contributed by atoms with Crippen molar-refractivity contribution in [1.82, 2.24) is 20.2 Å². The maximum atomic E-state index is 5.91. The van der Waals surface area contributed by atoms with Gasteiger partial charge in [0, 0.05) is 30.9 Å². The molecule has 7 nitrogen and oxygen atoms in total. The van der Waals surface area contributed by atoms with Crippen LogP contribution in [0.25, 0.3) is 11.5 Å². The van der Waals surface area contributed by atoms with Crippen molar-refractivity contribution in [3.05, 3.63) is 48.0 Å². The molecule has 4 rings (SSSR count). The molecule has 0 spiro atoms. The number of anilines is 1. The Bertz CT molecular complexity index is 862. The lowest BCUT2D eigenvalue weighted by atomic mass is 10.1. The molecule has 3 heterocycles. The van der Waals surface area contributed by atoms with Crippen LogP contribution in [0, 0.1) is 6.92 Å². The molecule has 7 heteroatoms. The van der Waals surface area contributed by atoms with E-state index in [-0.39, 0.29) is 5.92 Å². The van der Waals surface area contributed by atoms with Crippen LogP contribution in [-0.4, -0.2) is 40.4 Å². The molecule has 0 bridgehead atoms. The molecule has 25 heavy (non-hydrogen) atoms. The molecule has 1 atom stereocenters. The van der Waals surface area contributed by atoms with Crippen molar-refractivity contribution in [3.8, 4) is 17.3 Å². The molecule has 1 aromatic carbocycles. The van der Waals surface area contributed by atoms with Crippen molar-refractivity contribution in [2.24, 2.45) is 0 Å². The van der Waals surface area contributed by atoms with Gasteiger partial charge in [0.1, 0.15) is 0 Å². The van der Waals surface area contributed by atoms with Crippen LogP contribution in [0.3, 0.4) is 0 Å². The van der Waals surface area contributed by atoms with Gasteiger partial charge in [-0.3, -0.25) is 0 Å². The third kappa shape index (κ3) is 3.17. The number of ether oxygens (including phenoxy) is 1. The van der Waals surface area contributed by atoms with Gasteiger partial charge in [0.15, 0.2) is 0 Å². The highest BCUT2D eigenvalue weighted by Gasteiger charge is 2.30. The van der Waals surface area contributed by atoms with Gasteiger partial charge >= 0.3 is 0 Å². The first-order valence-electron chi connectivity index (χ1n) is 8.25. The number of aromatic nitrogens is 4. The van der Waals surface area contributed by atoms with E-state index in [1.807, 2.05) is 24.3 Å². The van der Waals surface area contributed by atoms with Crippen LogP contribution < -0.4 is 9.64 Å². The number of aryl methyl sites for hydroxylation is 1. The van der Waals surface area contributed by atoms with E-state index >= 15 is 0 Å². The molecule has 1 aliphatic heterocycles. The van der Waals surface area contributed by atoms with E-state index in [4.69, 9.17) is 9.15 Å². The van der Waals surface area contributed by atoms with E-state index in [1.165, 1.54) is 5.56 Å². The van der Waals surface area contributed by atoms with Crippen LogP contribution in [0.15, 0.2) is 40.9 Å².